The molecule has 0 saturated carbocycles. The third-order valence-corrected chi connectivity index (χ3v) is 3.78. The minimum atomic E-state index is -0.969. The van der Waals surface area contributed by atoms with E-state index in [1.807, 2.05) is 36.4 Å². The quantitative estimate of drug-likeness (QED) is 0.555. The van der Waals surface area contributed by atoms with Crippen LogP contribution in [0, 0.1) is 11.6 Å². The van der Waals surface area contributed by atoms with E-state index in [0.29, 0.717) is 17.0 Å². The summed E-state index contributed by atoms with van der Waals surface area (Å²) in [6, 6.07) is 16.8. The fourth-order valence-electron chi connectivity index (χ4n) is 2.37. The van der Waals surface area contributed by atoms with Gasteiger partial charge in [-0.1, -0.05) is 30.3 Å². The summed E-state index contributed by atoms with van der Waals surface area (Å²) in [6.45, 7) is 1.37. The summed E-state index contributed by atoms with van der Waals surface area (Å²) in [5.74, 6) is -1.79. The van der Waals surface area contributed by atoms with Crippen LogP contribution in [0.15, 0.2) is 65.8 Å². The number of hydrazone groups is 1. The molecule has 0 aliphatic carbocycles. The first kappa shape index (κ1) is 17.5. The van der Waals surface area contributed by atoms with Crippen molar-refractivity contribution in [2.45, 2.75) is 6.92 Å². The van der Waals surface area contributed by atoms with Crippen molar-refractivity contribution in [3.63, 3.8) is 0 Å². The van der Waals surface area contributed by atoms with E-state index in [4.69, 9.17) is 4.74 Å². The van der Waals surface area contributed by atoms with E-state index < -0.39 is 17.5 Å². The second kappa shape index (κ2) is 7.74. The Bertz CT molecular complexity index is 986. The summed E-state index contributed by atoms with van der Waals surface area (Å²) in [6.07, 6.45) is 0. The Balaban J connectivity index is 1.58. The average Bonchev–Trinajstić information content (AvgIpc) is 2.66. The average molecular weight is 354 g/mol. The van der Waals surface area contributed by atoms with Crippen LogP contribution in [-0.4, -0.2) is 18.2 Å². The smallest absolute Gasteiger partial charge is 0.277 e. The number of rotatable bonds is 5. The summed E-state index contributed by atoms with van der Waals surface area (Å²) in [5, 5.41) is 5.97. The van der Waals surface area contributed by atoms with E-state index in [1.165, 1.54) is 6.07 Å². The number of hydrogen-bond donors (Lipinski definition) is 1. The van der Waals surface area contributed by atoms with Gasteiger partial charge in [-0.25, -0.2) is 14.2 Å². The zero-order valence-electron chi connectivity index (χ0n) is 14.0. The molecule has 4 nitrogen and oxygen atoms in total. The van der Waals surface area contributed by atoms with Gasteiger partial charge in [-0.15, -0.1) is 0 Å². The Hall–Kier alpha value is -3.28. The maximum absolute atomic E-state index is 13.2. The van der Waals surface area contributed by atoms with Crippen LogP contribution in [0.5, 0.6) is 5.75 Å². The van der Waals surface area contributed by atoms with Crippen LogP contribution in [-0.2, 0) is 4.79 Å². The predicted octanol–water partition coefficient (Wildman–Crippen LogP) is 4.04. The number of carbonyl (C=O) groups is 1. The molecule has 0 bridgehead atoms. The van der Waals surface area contributed by atoms with Crippen molar-refractivity contribution in [1.29, 1.82) is 0 Å². The molecule has 0 fully saturated rings. The second-order valence-corrected chi connectivity index (χ2v) is 5.66. The standard InChI is InChI=1S/C20H16F2N2O2/c1-13(15-7-9-18(21)19(22)11-15)23-24-20(25)12-26-17-8-6-14-4-2-3-5-16(14)10-17/h2-11H,12H2,1H3,(H,24,25)/b23-13+. The molecular weight excluding hydrogens is 338 g/mol. The molecule has 0 spiro atoms. The highest BCUT2D eigenvalue weighted by Crippen LogP contribution is 2.20. The molecule has 3 aromatic carbocycles. The maximum atomic E-state index is 13.2. The van der Waals surface area contributed by atoms with Gasteiger partial charge in [0.25, 0.3) is 5.91 Å². The van der Waals surface area contributed by atoms with Gasteiger partial charge in [0.1, 0.15) is 5.75 Å². The molecule has 0 saturated heterocycles. The van der Waals surface area contributed by atoms with Crippen molar-refractivity contribution in [3.05, 3.63) is 77.9 Å². The second-order valence-electron chi connectivity index (χ2n) is 5.66. The van der Waals surface area contributed by atoms with Crippen LogP contribution in [0.4, 0.5) is 8.78 Å². The number of halogens is 2. The summed E-state index contributed by atoms with van der Waals surface area (Å²) < 4.78 is 31.6. The SMILES string of the molecule is C/C(=N\NC(=O)COc1ccc2ccccc2c1)c1ccc(F)c(F)c1. The van der Waals surface area contributed by atoms with E-state index in [0.717, 1.165) is 22.9 Å². The maximum Gasteiger partial charge on any atom is 0.277 e. The number of hydrogen-bond acceptors (Lipinski definition) is 3. The number of nitrogens with one attached hydrogen (secondary N) is 1. The molecule has 1 N–H and O–H groups in total. The molecule has 3 rings (SSSR count). The van der Waals surface area contributed by atoms with Crippen molar-refractivity contribution in [2.24, 2.45) is 5.10 Å². The largest absolute Gasteiger partial charge is 0.484 e. The lowest BCUT2D eigenvalue weighted by Gasteiger charge is -2.07. The lowest BCUT2D eigenvalue weighted by Crippen LogP contribution is -2.25. The molecule has 0 radical (unpaired) electrons. The van der Waals surface area contributed by atoms with Gasteiger partial charge in [-0.2, -0.15) is 5.10 Å². The van der Waals surface area contributed by atoms with Crippen LogP contribution < -0.4 is 10.2 Å². The van der Waals surface area contributed by atoms with Crippen LogP contribution in [0.1, 0.15) is 12.5 Å². The van der Waals surface area contributed by atoms with Gasteiger partial charge < -0.3 is 4.74 Å². The molecule has 6 heteroatoms. The van der Waals surface area contributed by atoms with Crippen LogP contribution in [0.2, 0.25) is 0 Å². The van der Waals surface area contributed by atoms with Crippen LogP contribution >= 0.6 is 0 Å². The van der Waals surface area contributed by atoms with Crippen molar-refractivity contribution in [1.82, 2.24) is 5.43 Å². The molecule has 0 aliphatic rings. The first-order valence-corrected chi connectivity index (χ1v) is 7.93. The van der Waals surface area contributed by atoms with Crippen LogP contribution in [0.25, 0.3) is 10.8 Å². The van der Waals surface area contributed by atoms with E-state index in [2.05, 4.69) is 10.5 Å². The Morgan fingerprint density at radius 1 is 1.00 bits per heavy atom. The highest BCUT2D eigenvalue weighted by molar-refractivity contribution is 5.99. The minimum Gasteiger partial charge on any atom is -0.484 e. The summed E-state index contributed by atoms with van der Waals surface area (Å²) in [5.41, 5.74) is 3.05. The summed E-state index contributed by atoms with van der Waals surface area (Å²) in [7, 11) is 0. The highest BCUT2D eigenvalue weighted by atomic mass is 19.2. The molecule has 0 atom stereocenters. The number of amides is 1. The van der Waals surface area contributed by atoms with Gasteiger partial charge in [-0.3, -0.25) is 4.79 Å². The number of fused-ring (bicyclic) bond motifs is 1. The Morgan fingerprint density at radius 2 is 1.77 bits per heavy atom. The molecule has 0 unspecified atom stereocenters. The zero-order valence-corrected chi connectivity index (χ0v) is 14.0. The van der Waals surface area contributed by atoms with Gasteiger partial charge in [0, 0.05) is 5.56 Å². The van der Waals surface area contributed by atoms with Gasteiger partial charge in [-0.05, 0) is 48.0 Å². The molecule has 0 aromatic heterocycles. The fraction of sp³-hybridized carbons (Fsp3) is 0.100. The van der Waals surface area contributed by atoms with E-state index >= 15 is 0 Å². The molecule has 0 heterocycles. The predicted molar refractivity (Wildman–Crippen MR) is 96.2 cm³/mol. The summed E-state index contributed by atoms with van der Waals surface area (Å²) >= 11 is 0. The lowest BCUT2D eigenvalue weighted by atomic mass is 10.1. The third kappa shape index (κ3) is 4.22. The molecular formula is C20H16F2N2O2. The van der Waals surface area contributed by atoms with E-state index in [1.54, 1.807) is 13.0 Å². The van der Waals surface area contributed by atoms with Gasteiger partial charge >= 0.3 is 0 Å². The molecule has 3 aromatic rings. The van der Waals surface area contributed by atoms with Crippen molar-refractivity contribution in [3.8, 4) is 5.75 Å². The number of carbonyl (C=O) groups excluding carboxylic acids is 1. The topological polar surface area (TPSA) is 50.7 Å². The van der Waals surface area contributed by atoms with Crippen molar-refractivity contribution >= 4 is 22.4 Å². The Kier molecular flexibility index (Phi) is 5.22. The lowest BCUT2D eigenvalue weighted by molar-refractivity contribution is -0.123. The van der Waals surface area contributed by atoms with Gasteiger partial charge in [0.05, 0.1) is 5.71 Å². The summed E-state index contributed by atoms with van der Waals surface area (Å²) in [4.78, 5) is 11.9. The zero-order chi connectivity index (χ0) is 18.5. The Labute approximate surface area is 149 Å². The van der Waals surface area contributed by atoms with Crippen LogP contribution in [0.3, 0.4) is 0 Å². The van der Waals surface area contributed by atoms with E-state index in [-0.39, 0.29) is 6.61 Å². The molecule has 132 valence electrons. The Morgan fingerprint density at radius 3 is 2.54 bits per heavy atom. The number of ether oxygens (including phenoxy) is 1. The molecule has 0 aliphatic heterocycles. The minimum absolute atomic E-state index is 0.215. The van der Waals surface area contributed by atoms with Crippen molar-refractivity contribution < 1.29 is 18.3 Å². The van der Waals surface area contributed by atoms with Gasteiger partial charge in [0.2, 0.25) is 0 Å². The molecule has 26 heavy (non-hydrogen) atoms. The van der Waals surface area contributed by atoms with Gasteiger partial charge in [0.15, 0.2) is 18.2 Å². The number of nitrogens with zero attached hydrogens (tertiary/aromatic N) is 1. The highest BCUT2D eigenvalue weighted by Gasteiger charge is 2.06. The molecule has 1 amide bonds. The fourth-order valence-corrected chi connectivity index (χ4v) is 2.37. The first-order chi connectivity index (χ1) is 12.5. The first-order valence-electron chi connectivity index (χ1n) is 7.93. The normalized spacial score (nSPS) is 11.4. The monoisotopic (exact) mass is 354 g/mol. The van der Waals surface area contributed by atoms with E-state index in [9.17, 15) is 13.6 Å². The van der Waals surface area contributed by atoms with Crippen molar-refractivity contribution in [2.75, 3.05) is 6.61 Å². The number of benzene rings is 3. The third-order valence-electron chi connectivity index (χ3n) is 3.78.